The molecule has 5 atom stereocenters. The summed E-state index contributed by atoms with van der Waals surface area (Å²) in [6.07, 6.45) is -4.51. The van der Waals surface area contributed by atoms with Crippen molar-refractivity contribution in [3.63, 3.8) is 0 Å². The molecule has 0 saturated carbocycles. The van der Waals surface area contributed by atoms with E-state index < -0.39 is 30.1 Å². The number of ether oxygens (including phenoxy) is 3. The lowest BCUT2D eigenvalue weighted by Crippen LogP contribution is -2.39. The van der Waals surface area contributed by atoms with Gasteiger partial charge in [0.2, 0.25) is 5.91 Å². The first-order valence-electron chi connectivity index (χ1n) is 11.3. The molecule has 2 aliphatic rings. The summed E-state index contributed by atoms with van der Waals surface area (Å²) < 4.78 is 56.2. The number of methoxy groups -OCH3 is 1. The molecule has 2 aliphatic heterocycles. The number of benzene rings is 1. The highest BCUT2D eigenvalue weighted by atomic mass is 19.4. The van der Waals surface area contributed by atoms with Gasteiger partial charge in [-0.1, -0.05) is 12.1 Å². The number of halogens is 3. The number of alkyl halides is 3. The highest BCUT2D eigenvalue weighted by Gasteiger charge is 2.50. The summed E-state index contributed by atoms with van der Waals surface area (Å²) in [5, 5.41) is 16.3. The zero-order chi connectivity index (χ0) is 25.0. The molecule has 1 amide bonds. The quantitative estimate of drug-likeness (QED) is 0.490. The van der Waals surface area contributed by atoms with Crippen molar-refractivity contribution in [3.05, 3.63) is 59.4 Å². The lowest BCUT2D eigenvalue weighted by atomic mass is 10.1. The number of aromatic nitrogens is 1. The molecule has 0 radical (unpaired) electrons. The fraction of sp³-hybridized carbons (Fsp3) is 0.500. The Morgan fingerprint density at radius 2 is 1.97 bits per heavy atom. The van der Waals surface area contributed by atoms with E-state index in [1.54, 1.807) is 7.11 Å². The predicted molar refractivity (Wildman–Crippen MR) is 118 cm³/mol. The van der Waals surface area contributed by atoms with Crippen LogP contribution in [0.25, 0.3) is 0 Å². The smallest absolute Gasteiger partial charge is 0.416 e. The number of amides is 1. The highest BCUT2D eigenvalue weighted by molar-refractivity contribution is 5.76. The van der Waals surface area contributed by atoms with Gasteiger partial charge < -0.3 is 30.0 Å². The number of nitrogens with one attached hydrogen (secondary N) is 2. The van der Waals surface area contributed by atoms with Crippen molar-refractivity contribution in [2.75, 3.05) is 13.7 Å². The van der Waals surface area contributed by atoms with Crippen LogP contribution >= 0.6 is 0 Å². The monoisotopic (exact) mass is 495 g/mol. The van der Waals surface area contributed by atoms with Gasteiger partial charge in [-0.25, -0.2) is 0 Å². The summed E-state index contributed by atoms with van der Waals surface area (Å²) >= 11 is 0. The van der Waals surface area contributed by atoms with Crippen molar-refractivity contribution in [2.24, 2.45) is 0 Å². The van der Waals surface area contributed by atoms with Gasteiger partial charge in [-0.2, -0.15) is 13.2 Å². The van der Waals surface area contributed by atoms with E-state index >= 15 is 0 Å². The molecule has 190 valence electrons. The molecule has 5 unspecified atom stereocenters. The molecule has 11 heteroatoms. The van der Waals surface area contributed by atoms with Crippen LogP contribution in [0.1, 0.15) is 29.5 Å². The number of hydrogen-bond acceptors (Lipinski definition) is 7. The fourth-order valence-electron chi connectivity index (χ4n) is 4.43. The van der Waals surface area contributed by atoms with E-state index in [4.69, 9.17) is 14.2 Å². The summed E-state index contributed by atoms with van der Waals surface area (Å²) in [5.41, 5.74) is 0.206. The molecule has 8 nitrogen and oxygen atoms in total. The van der Waals surface area contributed by atoms with Crippen LogP contribution in [0.3, 0.4) is 0 Å². The Balaban J connectivity index is 1.20. The number of pyridine rings is 1. The van der Waals surface area contributed by atoms with Gasteiger partial charge in [-0.15, -0.1) is 0 Å². The number of aliphatic hydroxyl groups excluding tert-OH is 1. The average Bonchev–Trinajstić information content (AvgIpc) is 3.35. The number of rotatable bonds is 9. The van der Waals surface area contributed by atoms with Gasteiger partial charge >= 0.3 is 6.18 Å². The second kappa shape index (κ2) is 10.9. The Kier molecular flexibility index (Phi) is 7.90. The number of fused-ring (bicyclic) bond motifs is 1. The van der Waals surface area contributed by atoms with Gasteiger partial charge in [0.25, 0.3) is 0 Å². The summed E-state index contributed by atoms with van der Waals surface area (Å²) in [6, 6.07) is 8.30. The topological polar surface area (TPSA) is 102 Å². The molecular weight excluding hydrogens is 467 g/mol. The molecule has 0 spiro atoms. The fourth-order valence-corrected chi connectivity index (χ4v) is 4.43. The van der Waals surface area contributed by atoms with Crippen LogP contribution in [0.4, 0.5) is 13.2 Å². The van der Waals surface area contributed by atoms with E-state index in [0.717, 1.165) is 23.6 Å². The number of nitrogens with zero attached hydrogens (tertiary/aromatic N) is 1. The van der Waals surface area contributed by atoms with Crippen molar-refractivity contribution in [1.82, 2.24) is 15.6 Å². The maximum absolute atomic E-state index is 13.1. The van der Waals surface area contributed by atoms with E-state index in [2.05, 4.69) is 15.6 Å². The second-order valence-electron chi connectivity index (χ2n) is 8.65. The van der Waals surface area contributed by atoms with Crippen LogP contribution in [0.2, 0.25) is 0 Å². The molecular formula is C24H28F3N3O5. The van der Waals surface area contributed by atoms with Crippen molar-refractivity contribution in [2.45, 2.75) is 62.6 Å². The summed E-state index contributed by atoms with van der Waals surface area (Å²) in [7, 11) is 1.59. The number of carbonyl (C=O) groups excluding carboxylic acids is 1. The van der Waals surface area contributed by atoms with Crippen LogP contribution in [-0.4, -0.2) is 60.2 Å². The van der Waals surface area contributed by atoms with Crippen molar-refractivity contribution in [1.29, 1.82) is 0 Å². The Labute approximate surface area is 200 Å². The van der Waals surface area contributed by atoms with Gasteiger partial charge in [0.15, 0.2) is 0 Å². The van der Waals surface area contributed by atoms with Gasteiger partial charge in [0.1, 0.15) is 18.0 Å². The van der Waals surface area contributed by atoms with Gasteiger partial charge in [0.05, 0.1) is 37.4 Å². The minimum absolute atomic E-state index is 0.0182. The Morgan fingerprint density at radius 3 is 2.66 bits per heavy atom. The van der Waals surface area contributed by atoms with E-state index in [1.807, 2.05) is 24.3 Å². The Hall–Kier alpha value is -2.73. The van der Waals surface area contributed by atoms with Crippen molar-refractivity contribution < 1.29 is 37.3 Å². The first-order chi connectivity index (χ1) is 16.7. The van der Waals surface area contributed by atoms with Crippen LogP contribution < -0.4 is 15.4 Å². The van der Waals surface area contributed by atoms with Crippen LogP contribution in [0.15, 0.2) is 42.7 Å². The highest BCUT2D eigenvalue weighted by Crippen LogP contribution is 2.35. The normalized spacial score (nSPS) is 25.9. The van der Waals surface area contributed by atoms with Gasteiger partial charge in [0, 0.05) is 38.4 Å². The molecule has 0 bridgehead atoms. The third kappa shape index (κ3) is 6.29. The molecule has 1 aromatic heterocycles. The predicted octanol–water partition coefficient (Wildman–Crippen LogP) is 2.19. The van der Waals surface area contributed by atoms with Gasteiger partial charge in [-0.3, -0.25) is 9.78 Å². The Bertz CT molecular complexity index is 1000. The number of carbonyl (C=O) groups is 1. The lowest BCUT2D eigenvalue weighted by molar-refractivity contribution is -0.138. The molecule has 35 heavy (non-hydrogen) atoms. The van der Waals surface area contributed by atoms with Crippen molar-refractivity contribution >= 4 is 5.91 Å². The largest absolute Gasteiger partial charge is 0.497 e. The SMILES string of the molecule is COc1ccc(CNC(=O)CC2CC3OC(CNCc4cnccc4C(F)(F)F)C(O)C3O2)cc1. The minimum Gasteiger partial charge on any atom is -0.497 e. The molecule has 3 heterocycles. The zero-order valence-corrected chi connectivity index (χ0v) is 19.1. The average molecular weight is 495 g/mol. The number of hydrogen-bond donors (Lipinski definition) is 3. The molecule has 0 aliphatic carbocycles. The second-order valence-corrected chi connectivity index (χ2v) is 8.65. The standard InChI is InChI=1S/C24H28F3N3O5/c1-33-16-4-2-14(3-5-16)10-30-21(31)9-17-8-19-23(34-17)22(32)20(35-19)13-29-12-15-11-28-7-6-18(15)24(25,26)27/h2-7,11,17,19-20,22-23,29,32H,8-10,12-13H2,1H3,(H,30,31). The van der Waals surface area contributed by atoms with Gasteiger partial charge in [-0.05, 0) is 29.3 Å². The first-order valence-corrected chi connectivity index (χ1v) is 11.3. The van der Waals surface area contributed by atoms with Crippen LogP contribution in [0, 0.1) is 0 Å². The third-order valence-electron chi connectivity index (χ3n) is 6.21. The molecule has 2 aromatic rings. The van der Waals surface area contributed by atoms with Crippen molar-refractivity contribution in [3.8, 4) is 5.75 Å². The minimum atomic E-state index is -4.47. The first kappa shape index (κ1) is 25.4. The van der Waals surface area contributed by atoms with E-state index in [-0.39, 0.29) is 43.2 Å². The van der Waals surface area contributed by atoms with Crippen LogP contribution in [0.5, 0.6) is 5.75 Å². The Morgan fingerprint density at radius 1 is 1.20 bits per heavy atom. The van der Waals surface area contributed by atoms with E-state index in [9.17, 15) is 23.1 Å². The zero-order valence-electron chi connectivity index (χ0n) is 19.1. The molecule has 1 aromatic carbocycles. The number of aliphatic hydroxyl groups is 1. The summed E-state index contributed by atoms with van der Waals surface area (Å²) in [6.45, 7) is 0.460. The summed E-state index contributed by atoms with van der Waals surface area (Å²) in [5.74, 6) is 0.566. The maximum Gasteiger partial charge on any atom is 0.416 e. The summed E-state index contributed by atoms with van der Waals surface area (Å²) in [4.78, 5) is 16.1. The molecule has 4 rings (SSSR count). The third-order valence-corrected chi connectivity index (χ3v) is 6.21. The molecule has 2 fully saturated rings. The lowest BCUT2D eigenvalue weighted by Gasteiger charge is -2.20. The molecule has 3 N–H and O–H groups in total. The maximum atomic E-state index is 13.1. The van der Waals surface area contributed by atoms with E-state index in [1.165, 1.54) is 6.20 Å². The van der Waals surface area contributed by atoms with Crippen LogP contribution in [-0.2, 0) is 33.5 Å². The van der Waals surface area contributed by atoms with E-state index in [0.29, 0.717) is 13.0 Å². The molecule has 2 saturated heterocycles.